The third kappa shape index (κ3) is 4.68. The normalized spacial score (nSPS) is 17.1. The molecule has 22 heavy (non-hydrogen) atoms. The van der Waals surface area contributed by atoms with E-state index in [0.29, 0.717) is 5.69 Å². The maximum absolute atomic E-state index is 11.0. The van der Waals surface area contributed by atoms with Crippen molar-refractivity contribution in [3.05, 3.63) is 36.0 Å². The molecule has 3 N–H and O–H groups in total. The molecule has 1 aromatic rings. The largest absolute Gasteiger partial charge is 0.480 e. The summed E-state index contributed by atoms with van der Waals surface area (Å²) in [5.74, 6) is -0.925. The predicted molar refractivity (Wildman–Crippen MR) is 80.9 cm³/mol. The highest BCUT2D eigenvalue weighted by atomic mass is 32.2. The molecule has 0 heterocycles. The van der Waals surface area contributed by atoms with Crippen molar-refractivity contribution in [2.75, 3.05) is 6.54 Å². The molecule has 0 bridgehead atoms. The number of hydrogen-bond donors (Lipinski definition) is 3. The molecule has 1 aromatic carbocycles. The fraction of sp³-hybridized carbons (Fsp3) is 0.286. The third-order valence-electron chi connectivity index (χ3n) is 3.09. The zero-order valence-corrected chi connectivity index (χ0v) is 12.5. The molecular formula is C14H16N2O5S. The first-order valence-corrected chi connectivity index (χ1v) is 8.10. The first-order valence-electron chi connectivity index (χ1n) is 6.66. The van der Waals surface area contributed by atoms with Crippen molar-refractivity contribution < 1.29 is 22.9 Å². The number of nitrogens with one attached hydrogen (secondary N) is 1. The van der Waals surface area contributed by atoms with Gasteiger partial charge in [-0.15, -0.1) is 0 Å². The summed E-state index contributed by atoms with van der Waals surface area (Å²) in [5, 5.41) is 11.5. The lowest BCUT2D eigenvalue weighted by Crippen LogP contribution is -2.24. The first-order chi connectivity index (χ1) is 10.3. The molecule has 0 atom stereocenters. The van der Waals surface area contributed by atoms with Gasteiger partial charge in [-0.2, -0.15) is 8.42 Å². The quantitative estimate of drug-likeness (QED) is 0.711. The van der Waals surface area contributed by atoms with Crippen LogP contribution in [0, 0.1) is 0 Å². The zero-order chi connectivity index (χ0) is 16.2. The van der Waals surface area contributed by atoms with Gasteiger partial charge in [-0.25, -0.2) is 0 Å². The van der Waals surface area contributed by atoms with Crippen LogP contribution in [0.4, 0.5) is 5.69 Å². The minimum atomic E-state index is -4.20. The van der Waals surface area contributed by atoms with E-state index >= 15 is 0 Å². The van der Waals surface area contributed by atoms with Gasteiger partial charge in [0.25, 0.3) is 10.1 Å². The molecule has 0 amide bonds. The lowest BCUT2D eigenvalue weighted by Gasteiger charge is -2.15. The van der Waals surface area contributed by atoms with Crippen LogP contribution in [0.3, 0.4) is 0 Å². The van der Waals surface area contributed by atoms with E-state index in [0.717, 1.165) is 30.7 Å². The van der Waals surface area contributed by atoms with Gasteiger partial charge in [0.1, 0.15) is 6.54 Å². The fourth-order valence-corrected chi connectivity index (χ4v) is 2.56. The molecule has 1 aliphatic carbocycles. The van der Waals surface area contributed by atoms with Crippen LogP contribution >= 0.6 is 0 Å². The smallest absolute Gasteiger partial charge is 0.322 e. The molecule has 0 aromatic heterocycles. The fourth-order valence-electron chi connectivity index (χ4n) is 2.08. The van der Waals surface area contributed by atoms with Gasteiger partial charge in [0.05, 0.1) is 10.6 Å². The average Bonchev–Trinajstić information content (AvgIpc) is 2.45. The number of hydrogen-bond acceptors (Lipinski definition) is 5. The van der Waals surface area contributed by atoms with Crippen LogP contribution in [0.2, 0.25) is 0 Å². The third-order valence-corrected chi connectivity index (χ3v) is 3.96. The summed E-state index contributed by atoms with van der Waals surface area (Å²) in [4.78, 5) is 14.8. The second-order valence-electron chi connectivity index (χ2n) is 4.84. The summed E-state index contributed by atoms with van der Waals surface area (Å²) in [6.45, 7) is -0.137. The molecule has 0 spiro atoms. The van der Waals surface area contributed by atoms with Crippen LogP contribution in [0.5, 0.6) is 0 Å². The van der Waals surface area contributed by atoms with Crippen molar-refractivity contribution in [2.24, 2.45) is 4.99 Å². The average molecular weight is 324 g/mol. The summed E-state index contributed by atoms with van der Waals surface area (Å²) < 4.78 is 30.8. The Morgan fingerprint density at radius 3 is 2.50 bits per heavy atom. The molecule has 7 nitrogen and oxygen atoms in total. The zero-order valence-electron chi connectivity index (χ0n) is 11.7. The molecule has 0 radical (unpaired) electrons. The van der Waals surface area contributed by atoms with Gasteiger partial charge in [-0.1, -0.05) is 0 Å². The van der Waals surface area contributed by atoms with Crippen LogP contribution in [0.25, 0.3) is 0 Å². The number of benzene rings is 1. The molecule has 0 saturated heterocycles. The number of nitrogens with zero attached hydrogens (tertiary/aromatic N) is 1. The molecule has 0 aliphatic heterocycles. The second-order valence-corrected chi connectivity index (χ2v) is 6.26. The topological polar surface area (TPSA) is 116 Å². The lowest BCUT2D eigenvalue weighted by atomic mass is 10.0. The standard InChI is InChI=1S/C14H16N2O5S/c17-14(18)9-15-11-2-1-3-12(8-11)16-10-4-6-13(7-5-10)22(19,20)21/h4-8,15H,1-3,9H2,(H,17,18)(H,19,20,21). The van der Waals surface area contributed by atoms with Gasteiger partial charge in [0.15, 0.2) is 0 Å². The number of aliphatic carboxylic acids is 1. The Hall–Kier alpha value is -2.19. The number of carboxylic acid groups (broad SMARTS) is 1. The molecule has 0 saturated carbocycles. The maximum Gasteiger partial charge on any atom is 0.322 e. The molecular weight excluding hydrogens is 308 g/mol. The second kappa shape index (κ2) is 6.71. The highest BCUT2D eigenvalue weighted by Crippen LogP contribution is 2.20. The van der Waals surface area contributed by atoms with Crippen molar-refractivity contribution in [1.82, 2.24) is 5.32 Å². The Morgan fingerprint density at radius 1 is 1.23 bits per heavy atom. The summed E-state index contributed by atoms with van der Waals surface area (Å²) in [5.41, 5.74) is 2.18. The number of rotatable bonds is 5. The van der Waals surface area contributed by atoms with Crippen molar-refractivity contribution in [3.63, 3.8) is 0 Å². The van der Waals surface area contributed by atoms with Gasteiger partial charge in [0, 0.05) is 11.4 Å². The van der Waals surface area contributed by atoms with Gasteiger partial charge >= 0.3 is 5.97 Å². The highest BCUT2D eigenvalue weighted by Gasteiger charge is 2.11. The van der Waals surface area contributed by atoms with Gasteiger partial charge in [-0.3, -0.25) is 14.3 Å². The Kier molecular flexibility index (Phi) is 4.94. The number of aliphatic imine (C=N–C) groups is 1. The van der Waals surface area contributed by atoms with Crippen LogP contribution in [-0.2, 0) is 14.9 Å². The van der Waals surface area contributed by atoms with Gasteiger partial charge in [0.2, 0.25) is 0 Å². The molecule has 0 fully saturated rings. The molecule has 0 unspecified atom stereocenters. The summed E-state index contributed by atoms with van der Waals surface area (Å²) in [7, 11) is -4.20. The van der Waals surface area contributed by atoms with Crippen LogP contribution in [-0.4, -0.2) is 36.3 Å². The first kappa shape index (κ1) is 16.2. The lowest BCUT2D eigenvalue weighted by molar-refractivity contribution is -0.135. The van der Waals surface area contributed by atoms with E-state index in [1.165, 1.54) is 24.3 Å². The maximum atomic E-state index is 11.0. The Balaban J connectivity index is 2.14. The number of carbonyl (C=O) groups is 1. The van der Waals surface area contributed by atoms with Crippen molar-refractivity contribution in [2.45, 2.75) is 24.2 Å². The minimum absolute atomic E-state index is 0.137. The molecule has 2 rings (SSSR count). The SMILES string of the molecule is O=C(O)CNC1=CC(=Nc2ccc(S(=O)(=O)O)cc2)CCC1. The predicted octanol–water partition coefficient (Wildman–Crippen LogP) is 1.75. The van der Waals surface area contributed by atoms with E-state index in [1.54, 1.807) is 0 Å². The summed E-state index contributed by atoms with van der Waals surface area (Å²) in [6.07, 6.45) is 4.20. The van der Waals surface area contributed by atoms with Crippen molar-refractivity contribution in [1.29, 1.82) is 0 Å². The summed E-state index contributed by atoms with van der Waals surface area (Å²) in [6, 6.07) is 5.57. The minimum Gasteiger partial charge on any atom is -0.480 e. The summed E-state index contributed by atoms with van der Waals surface area (Å²) >= 11 is 0. The van der Waals surface area contributed by atoms with E-state index in [4.69, 9.17) is 9.66 Å². The molecule has 118 valence electrons. The Morgan fingerprint density at radius 2 is 1.91 bits per heavy atom. The highest BCUT2D eigenvalue weighted by molar-refractivity contribution is 7.85. The van der Waals surface area contributed by atoms with Crippen molar-refractivity contribution >= 4 is 27.5 Å². The Labute approximate surface area is 128 Å². The molecule has 1 aliphatic rings. The van der Waals surface area contributed by atoms with Crippen LogP contribution in [0.15, 0.2) is 45.9 Å². The monoisotopic (exact) mass is 324 g/mol. The van der Waals surface area contributed by atoms with E-state index < -0.39 is 16.1 Å². The van der Waals surface area contributed by atoms with Crippen LogP contribution < -0.4 is 5.32 Å². The molecule has 8 heteroatoms. The van der Waals surface area contributed by atoms with E-state index in [2.05, 4.69) is 10.3 Å². The van der Waals surface area contributed by atoms with Gasteiger partial charge in [-0.05, 0) is 49.6 Å². The number of allylic oxidation sites excluding steroid dienone is 2. The van der Waals surface area contributed by atoms with E-state index in [-0.39, 0.29) is 11.4 Å². The van der Waals surface area contributed by atoms with E-state index in [1.807, 2.05) is 6.08 Å². The Bertz CT molecular complexity index is 720. The van der Waals surface area contributed by atoms with Crippen molar-refractivity contribution in [3.8, 4) is 0 Å². The number of carboxylic acids is 1. The van der Waals surface area contributed by atoms with Crippen LogP contribution in [0.1, 0.15) is 19.3 Å². The van der Waals surface area contributed by atoms with Gasteiger partial charge < -0.3 is 10.4 Å². The van der Waals surface area contributed by atoms with E-state index in [9.17, 15) is 13.2 Å².